The highest BCUT2D eigenvalue weighted by Crippen LogP contribution is 2.22. The molecule has 0 bridgehead atoms. The zero-order chi connectivity index (χ0) is 16.4. The number of benzene rings is 2. The van der Waals surface area contributed by atoms with Crippen molar-refractivity contribution >= 4 is 32.7 Å². The number of halogens is 2. The van der Waals surface area contributed by atoms with Crippen LogP contribution in [0.1, 0.15) is 21.5 Å². The van der Waals surface area contributed by atoms with E-state index in [1.807, 2.05) is 18.2 Å². The number of aromatic nitrogens is 1. The lowest BCUT2D eigenvalue weighted by Crippen LogP contribution is -2.23. The van der Waals surface area contributed by atoms with E-state index < -0.39 is 5.82 Å². The molecule has 3 nitrogen and oxygen atoms in total. The van der Waals surface area contributed by atoms with Gasteiger partial charge in [0, 0.05) is 39.2 Å². The van der Waals surface area contributed by atoms with Gasteiger partial charge in [-0.15, -0.1) is 6.42 Å². The summed E-state index contributed by atoms with van der Waals surface area (Å²) in [6.07, 6.45) is 6.87. The monoisotopic (exact) mass is 370 g/mol. The van der Waals surface area contributed by atoms with Crippen LogP contribution in [0, 0.1) is 18.2 Å². The number of fused-ring (bicyclic) bond motifs is 1. The quantitative estimate of drug-likeness (QED) is 0.673. The molecule has 0 unspecified atom stereocenters. The maximum Gasteiger partial charge on any atom is 0.253 e. The highest BCUT2D eigenvalue weighted by atomic mass is 79.9. The van der Waals surface area contributed by atoms with Crippen molar-refractivity contribution in [3.63, 3.8) is 0 Å². The van der Waals surface area contributed by atoms with E-state index in [0.29, 0.717) is 16.7 Å². The first-order chi connectivity index (χ1) is 11.1. The Balaban J connectivity index is 1.79. The van der Waals surface area contributed by atoms with Crippen molar-refractivity contribution < 1.29 is 9.18 Å². The highest BCUT2D eigenvalue weighted by molar-refractivity contribution is 9.10. The van der Waals surface area contributed by atoms with Gasteiger partial charge in [0.25, 0.3) is 5.91 Å². The number of hydrogen-bond donors (Lipinski definition) is 2. The van der Waals surface area contributed by atoms with Crippen molar-refractivity contribution in [1.82, 2.24) is 10.3 Å². The average molecular weight is 371 g/mol. The minimum absolute atomic E-state index is 0.0934. The number of H-pyrrole nitrogens is 1. The van der Waals surface area contributed by atoms with Gasteiger partial charge in [0.05, 0.1) is 5.56 Å². The maximum absolute atomic E-state index is 13.9. The van der Waals surface area contributed by atoms with E-state index in [0.717, 1.165) is 15.4 Å². The van der Waals surface area contributed by atoms with E-state index in [9.17, 15) is 9.18 Å². The number of carbonyl (C=O) groups is 1. The second kappa shape index (κ2) is 6.27. The third-order valence-electron chi connectivity index (χ3n) is 3.55. The Labute approximate surface area is 141 Å². The van der Waals surface area contributed by atoms with Gasteiger partial charge in [0.2, 0.25) is 0 Å². The summed E-state index contributed by atoms with van der Waals surface area (Å²) in [6.45, 7) is 0.0934. The molecule has 1 aromatic heterocycles. The van der Waals surface area contributed by atoms with E-state index in [-0.39, 0.29) is 12.5 Å². The van der Waals surface area contributed by atoms with Crippen molar-refractivity contribution in [2.75, 3.05) is 0 Å². The van der Waals surface area contributed by atoms with E-state index in [2.05, 4.69) is 32.2 Å². The standard InChI is InChI=1S/C18H12BrFN2O/c1-2-11-3-4-12(16(20)7-11)9-22-18(23)15-10-21-17-6-5-13(19)8-14(15)17/h1,3-8,10,21H,9H2,(H,22,23). The number of terminal acetylenes is 1. The van der Waals surface area contributed by atoms with Crippen LogP contribution in [0.3, 0.4) is 0 Å². The van der Waals surface area contributed by atoms with Crippen LogP contribution in [-0.2, 0) is 6.54 Å². The molecule has 1 heterocycles. The lowest BCUT2D eigenvalue weighted by atomic mass is 10.1. The lowest BCUT2D eigenvalue weighted by molar-refractivity contribution is 0.0952. The molecule has 0 fully saturated rings. The Morgan fingerprint density at radius 3 is 2.87 bits per heavy atom. The molecule has 0 aliphatic heterocycles. The summed E-state index contributed by atoms with van der Waals surface area (Å²) in [5.41, 5.74) is 2.24. The number of rotatable bonds is 3. The Morgan fingerprint density at radius 1 is 1.30 bits per heavy atom. The van der Waals surface area contributed by atoms with Gasteiger partial charge in [-0.3, -0.25) is 4.79 Å². The zero-order valence-electron chi connectivity index (χ0n) is 12.0. The van der Waals surface area contributed by atoms with E-state index >= 15 is 0 Å². The molecule has 0 aliphatic carbocycles. The summed E-state index contributed by atoms with van der Waals surface area (Å²) in [7, 11) is 0. The minimum atomic E-state index is -0.428. The van der Waals surface area contributed by atoms with Crippen molar-refractivity contribution in [3.05, 3.63) is 69.6 Å². The molecular weight excluding hydrogens is 359 g/mol. The normalized spacial score (nSPS) is 10.5. The largest absolute Gasteiger partial charge is 0.360 e. The summed E-state index contributed by atoms with van der Waals surface area (Å²) in [5, 5.41) is 3.53. The van der Waals surface area contributed by atoms with Gasteiger partial charge < -0.3 is 10.3 Å². The SMILES string of the molecule is C#Cc1ccc(CNC(=O)c2c[nH]c3ccc(Br)cc23)c(F)c1. The maximum atomic E-state index is 13.9. The van der Waals surface area contributed by atoms with Crippen molar-refractivity contribution in [2.45, 2.75) is 6.54 Å². The number of amides is 1. The van der Waals surface area contributed by atoms with Crippen LogP contribution in [0.4, 0.5) is 4.39 Å². The molecule has 2 aromatic carbocycles. The van der Waals surface area contributed by atoms with Crippen molar-refractivity contribution in [1.29, 1.82) is 0 Å². The topological polar surface area (TPSA) is 44.9 Å². The predicted octanol–water partition coefficient (Wildman–Crippen LogP) is 3.98. The third-order valence-corrected chi connectivity index (χ3v) is 4.04. The van der Waals surface area contributed by atoms with Crippen LogP contribution in [0.15, 0.2) is 47.1 Å². The predicted molar refractivity (Wildman–Crippen MR) is 91.5 cm³/mol. The zero-order valence-corrected chi connectivity index (χ0v) is 13.6. The molecular formula is C18H12BrFN2O. The number of nitrogens with one attached hydrogen (secondary N) is 2. The smallest absolute Gasteiger partial charge is 0.253 e. The first-order valence-electron chi connectivity index (χ1n) is 6.88. The second-order valence-corrected chi connectivity index (χ2v) is 5.94. The Bertz CT molecular complexity index is 940. The minimum Gasteiger partial charge on any atom is -0.360 e. The van der Waals surface area contributed by atoms with Gasteiger partial charge in [0.15, 0.2) is 0 Å². The molecule has 3 rings (SSSR count). The van der Waals surface area contributed by atoms with Crippen LogP contribution < -0.4 is 5.32 Å². The fourth-order valence-electron chi connectivity index (χ4n) is 2.33. The molecule has 1 amide bonds. The number of aromatic amines is 1. The van der Waals surface area contributed by atoms with Gasteiger partial charge in [-0.1, -0.05) is 27.9 Å². The van der Waals surface area contributed by atoms with Crippen LogP contribution in [0.25, 0.3) is 10.9 Å². The number of carbonyl (C=O) groups excluding carboxylic acids is 1. The first kappa shape index (κ1) is 15.3. The van der Waals surface area contributed by atoms with Crippen molar-refractivity contribution in [2.24, 2.45) is 0 Å². The van der Waals surface area contributed by atoms with Crippen molar-refractivity contribution in [3.8, 4) is 12.3 Å². The average Bonchev–Trinajstić information content (AvgIpc) is 2.96. The van der Waals surface area contributed by atoms with Crippen LogP contribution in [0.2, 0.25) is 0 Å². The summed E-state index contributed by atoms with van der Waals surface area (Å²) >= 11 is 3.39. The Morgan fingerprint density at radius 2 is 2.13 bits per heavy atom. The molecule has 2 N–H and O–H groups in total. The van der Waals surface area contributed by atoms with E-state index in [1.165, 1.54) is 6.07 Å². The third kappa shape index (κ3) is 3.13. The van der Waals surface area contributed by atoms with Crippen LogP contribution in [-0.4, -0.2) is 10.9 Å². The fraction of sp³-hybridized carbons (Fsp3) is 0.0556. The fourth-order valence-corrected chi connectivity index (χ4v) is 2.69. The Kier molecular flexibility index (Phi) is 4.18. The van der Waals surface area contributed by atoms with Gasteiger partial charge in [0.1, 0.15) is 5.82 Å². The summed E-state index contributed by atoms with van der Waals surface area (Å²) in [5.74, 6) is 1.67. The summed E-state index contributed by atoms with van der Waals surface area (Å²) in [6, 6.07) is 10.1. The first-order valence-corrected chi connectivity index (χ1v) is 7.67. The molecule has 5 heteroatoms. The molecule has 0 radical (unpaired) electrons. The lowest BCUT2D eigenvalue weighted by Gasteiger charge is -2.06. The molecule has 23 heavy (non-hydrogen) atoms. The highest BCUT2D eigenvalue weighted by Gasteiger charge is 2.13. The molecule has 3 aromatic rings. The molecule has 114 valence electrons. The molecule has 0 saturated heterocycles. The van der Waals surface area contributed by atoms with Crippen LogP contribution >= 0.6 is 15.9 Å². The molecule has 0 aliphatic rings. The van der Waals surface area contributed by atoms with E-state index in [1.54, 1.807) is 18.3 Å². The second-order valence-electron chi connectivity index (χ2n) is 5.03. The summed E-state index contributed by atoms with van der Waals surface area (Å²) < 4.78 is 14.8. The van der Waals surface area contributed by atoms with E-state index in [4.69, 9.17) is 6.42 Å². The summed E-state index contributed by atoms with van der Waals surface area (Å²) in [4.78, 5) is 15.4. The molecule has 0 spiro atoms. The molecule has 0 atom stereocenters. The van der Waals surface area contributed by atoms with Gasteiger partial charge in [-0.25, -0.2) is 4.39 Å². The number of hydrogen-bond acceptors (Lipinski definition) is 1. The van der Waals surface area contributed by atoms with Gasteiger partial charge in [-0.05, 0) is 30.3 Å². The Hall–Kier alpha value is -2.58. The van der Waals surface area contributed by atoms with Crippen LogP contribution in [0.5, 0.6) is 0 Å². The van der Waals surface area contributed by atoms with Gasteiger partial charge >= 0.3 is 0 Å². The van der Waals surface area contributed by atoms with Gasteiger partial charge in [-0.2, -0.15) is 0 Å². The molecule has 0 saturated carbocycles.